The molecule has 0 atom stereocenters. The molecule has 6 nitrogen and oxygen atoms in total. The van der Waals surface area contributed by atoms with Gasteiger partial charge in [0.2, 0.25) is 5.91 Å². The summed E-state index contributed by atoms with van der Waals surface area (Å²) in [6.45, 7) is 0.464. The van der Waals surface area contributed by atoms with Crippen molar-refractivity contribution in [3.8, 4) is 12.1 Å². The molecule has 8 heteroatoms. The molecule has 1 rings (SSSR count). The summed E-state index contributed by atoms with van der Waals surface area (Å²) in [5, 5.41) is 20.3. The van der Waals surface area contributed by atoms with Gasteiger partial charge in [-0.15, -0.1) is 0 Å². The lowest BCUT2D eigenvalue weighted by molar-refractivity contribution is -0.116. The molecule has 0 fully saturated rings. The number of halogens is 2. The van der Waals surface area contributed by atoms with Crippen LogP contribution in [0, 0.1) is 22.7 Å². The summed E-state index contributed by atoms with van der Waals surface area (Å²) in [6, 6.07) is 6.85. The maximum Gasteiger partial charge on any atom is 0.225 e. The highest BCUT2D eigenvalue weighted by Crippen LogP contribution is 2.32. The molecule has 0 radical (unpaired) electrons. The average molecular weight is 326 g/mol. The van der Waals surface area contributed by atoms with Crippen molar-refractivity contribution in [3.05, 3.63) is 22.2 Å². The van der Waals surface area contributed by atoms with Gasteiger partial charge in [-0.05, 0) is 12.1 Å². The van der Waals surface area contributed by atoms with E-state index >= 15 is 0 Å². The zero-order valence-electron chi connectivity index (χ0n) is 11.1. The molecular formula is C13H13Cl2N5O. The third kappa shape index (κ3) is 5.49. The normalized spacial score (nSPS) is 9.95. The first kappa shape index (κ1) is 17.1. The number of hydrogen-bond donors (Lipinski definition) is 2. The van der Waals surface area contributed by atoms with E-state index in [1.165, 1.54) is 12.1 Å². The Bertz CT molecular complexity index is 567. The van der Waals surface area contributed by atoms with Gasteiger partial charge in [-0.2, -0.15) is 10.5 Å². The monoisotopic (exact) mass is 325 g/mol. The second kappa shape index (κ2) is 8.33. The first-order valence-electron chi connectivity index (χ1n) is 5.98. The van der Waals surface area contributed by atoms with Crippen LogP contribution < -0.4 is 11.1 Å². The molecule has 3 N–H and O–H groups in total. The van der Waals surface area contributed by atoms with Crippen LogP contribution in [-0.4, -0.2) is 30.4 Å². The van der Waals surface area contributed by atoms with Crippen molar-refractivity contribution in [3.63, 3.8) is 0 Å². The lowest BCUT2D eigenvalue weighted by Crippen LogP contribution is -2.28. The minimum Gasteiger partial charge on any atom is -0.399 e. The molecule has 1 aromatic carbocycles. The van der Waals surface area contributed by atoms with Gasteiger partial charge in [0.1, 0.15) is 0 Å². The molecule has 0 saturated carbocycles. The zero-order chi connectivity index (χ0) is 15.8. The number of nitrogens with two attached hydrogens (primary N) is 1. The molecular weight excluding hydrogens is 313 g/mol. The number of nitriles is 2. The van der Waals surface area contributed by atoms with Crippen LogP contribution in [0.15, 0.2) is 12.1 Å². The van der Waals surface area contributed by atoms with Gasteiger partial charge in [-0.1, -0.05) is 23.2 Å². The van der Waals surface area contributed by atoms with Gasteiger partial charge in [-0.3, -0.25) is 9.69 Å². The number of rotatable bonds is 6. The van der Waals surface area contributed by atoms with Crippen molar-refractivity contribution in [2.75, 3.05) is 30.7 Å². The van der Waals surface area contributed by atoms with Gasteiger partial charge >= 0.3 is 0 Å². The third-order valence-electron chi connectivity index (χ3n) is 2.57. The number of nitrogens with one attached hydrogen (secondary N) is 1. The van der Waals surface area contributed by atoms with Gasteiger partial charge in [0.15, 0.2) is 0 Å². The number of hydrogen-bond acceptors (Lipinski definition) is 5. The smallest absolute Gasteiger partial charge is 0.225 e. The van der Waals surface area contributed by atoms with Crippen LogP contribution in [0.3, 0.4) is 0 Å². The summed E-state index contributed by atoms with van der Waals surface area (Å²) in [7, 11) is 0. The Kier molecular flexibility index (Phi) is 6.77. The summed E-state index contributed by atoms with van der Waals surface area (Å²) in [5.41, 5.74) is 6.27. The lowest BCUT2D eigenvalue weighted by atomic mass is 10.2. The number of carbonyl (C=O) groups excluding carboxylic acids is 1. The van der Waals surface area contributed by atoms with Crippen LogP contribution in [0.4, 0.5) is 11.4 Å². The van der Waals surface area contributed by atoms with E-state index in [9.17, 15) is 4.79 Å². The summed E-state index contributed by atoms with van der Waals surface area (Å²) in [4.78, 5) is 13.4. The topological polar surface area (TPSA) is 106 Å². The van der Waals surface area contributed by atoms with Crippen LogP contribution in [-0.2, 0) is 4.79 Å². The maximum atomic E-state index is 11.9. The second-order valence-electron chi connectivity index (χ2n) is 4.18. The molecule has 21 heavy (non-hydrogen) atoms. The fourth-order valence-electron chi connectivity index (χ4n) is 1.59. The largest absolute Gasteiger partial charge is 0.399 e. The standard InChI is InChI=1S/C13H13Cl2N5O/c14-10-7-9(18)8-11(15)13(10)19-12(21)1-4-20(5-2-16)6-3-17/h7-8H,1,4-6,18H2,(H,19,21). The van der Waals surface area contributed by atoms with Gasteiger partial charge in [-0.25, -0.2) is 0 Å². The minimum absolute atomic E-state index is 0.0875. The predicted octanol–water partition coefficient (Wildman–Crippen LogP) is 2.25. The predicted molar refractivity (Wildman–Crippen MR) is 81.8 cm³/mol. The number of nitrogen functional groups attached to an aromatic ring is 1. The summed E-state index contributed by atoms with van der Waals surface area (Å²) >= 11 is 11.9. The molecule has 0 unspecified atom stereocenters. The Balaban J connectivity index is 2.63. The Hall–Kier alpha value is -1.99. The van der Waals surface area contributed by atoms with E-state index in [-0.39, 0.29) is 42.0 Å². The van der Waals surface area contributed by atoms with Crippen LogP contribution in [0.25, 0.3) is 0 Å². The molecule has 0 heterocycles. The van der Waals surface area contributed by atoms with Crippen LogP contribution in [0.1, 0.15) is 6.42 Å². The van der Waals surface area contributed by atoms with E-state index in [2.05, 4.69) is 5.32 Å². The van der Waals surface area contributed by atoms with E-state index in [0.29, 0.717) is 11.4 Å². The first-order valence-corrected chi connectivity index (χ1v) is 6.74. The Labute approximate surface area is 132 Å². The lowest BCUT2D eigenvalue weighted by Gasteiger charge is -2.15. The molecule has 1 aromatic rings. The summed E-state index contributed by atoms with van der Waals surface area (Å²) in [5.74, 6) is -0.315. The Morgan fingerprint density at radius 3 is 2.24 bits per heavy atom. The van der Waals surface area contributed by atoms with Crippen molar-refractivity contribution in [1.82, 2.24) is 4.90 Å². The van der Waals surface area contributed by atoms with Gasteiger partial charge in [0.05, 0.1) is 41.0 Å². The molecule has 0 aliphatic carbocycles. The minimum atomic E-state index is -0.315. The summed E-state index contributed by atoms with van der Waals surface area (Å²) in [6.07, 6.45) is 0.112. The van der Waals surface area contributed by atoms with Gasteiger partial charge in [0, 0.05) is 18.7 Å². The molecule has 1 amide bonds. The maximum absolute atomic E-state index is 11.9. The van der Waals surface area contributed by atoms with Crippen molar-refractivity contribution >= 4 is 40.5 Å². The summed E-state index contributed by atoms with van der Waals surface area (Å²) < 4.78 is 0. The molecule has 0 bridgehead atoms. The molecule has 0 aliphatic rings. The van der Waals surface area contributed by atoms with E-state index in [0.717, 1.165) is 0 Å². The molecule has 0 spiro atoms. The Morgan fingerprint density at radius 1 is 1.24 bits per heavy atom. The number of carbonyl (C=O) groups is 1. The first-order chi connectivity index (χ1) is 9.97. The van der Waals surface area contributed by atoms with Gasteiger partial charge in [0.25, 0.3) is 0 Å². The van der Waals surface area contributed by atoms with E-state index in [4.69, 9.17) is 39.5 Å². The second-order valence-corrected chi connectivity index (χ2v) is 5.00. The van der Waals surface area contributed by atoms with Gasteiger partial charge < -0.3 is 11.1 Å². The number of nitrogens with zero attached hydrogens (tertiary/aromatic N) is 3. The fraction of sp³-hybridized carbons (Fsp3) is 0.308. The van der Waals surface area contributed by atoms with Crippen molar-refractivity contribution in [2.45, 2.75) is 6.42 Å². The number of anilines is 2. The van der Waals surface area contributed by atoms with Crippen LogP contribution in [0.2, 0.25) is 10.0 Å². The van der Waals surface area contributed by atoms with Crippen molar-refractivity contribution in [2.24, 2.45) is 0 Å². The number of amides is 1. The van der Waals surface area contributed by atoms with E-state index < -0.39 is 0 Å². The van der Waals surface area contributed by atoms with Crippen LogP contribution >= 0.6 is 23.2 Å². The molecule has 0 aliphatic heterocycles. The third-order valence-corrected chi connectivity index (χ3v) is 3.17. The Morgan fingerprint density at radius 2 is 1.76 bits per heavy atom. The fourth-order valence-corrected chi connectivity index (χ4v) is 2.19. The highest BCUT2D eigenvalue weighted by atomic mass is 35.5. The average Bonchev–Trinajstić information content (AvgIpc) is 2.40. The van der Waals surface area contributed by atoms with E-state index in [1.54, 1.807) is 4.90 Å². The zero-order valence-corrected chi connectivity index (χ0v) is 12.6. The van der Waals surface area contributed by atoms with E-state index in [1.807, 2.05) is 12.1 Å². The molecule has 110 valence electrons. The number of benzene rings is 1. The SMILES string of the molecule is N#CCN(CC#N)CCC(=O)Nc1c(Cl)cc(N)cc1Cl. The highest BCUT2D eigenvalue weighted by molar-refractivity contribution is 6.40. The molecule has 0 saturated heterocycles. The molecule has 0 aromatic heterocycles. The highest BCUT2D eigenvalue weighted by Gasteiger charge is 2.12. The van der Waals surface area contributed by atoms with Crippen molar-refractivity contribution < 1.29 is 4.79 Å². The quantitative estimate of drug-likeness (QED) is 0.616. The van der Waals surface area contributed by atoms with Crippen molar-refractivity contribution in [1.29, 1.82) is 10.5 Å². The van der Waals surface area contributed by atoms with Crippen LogP contribution in [0.5, 0.6) is 0 Å².